The molecule has 5 nitrogen and oxygen atoms in total. The molecule has 0 aromatic heterocycles. The number of benzene rings is 1. The van der Waals surface area contributed by atoms with Crippen LogP contribution in [0, 0.1) is 17.6 Å². The molecule has 1 aromatic rings. The van der Waals surface area contributed by atoms with Crippen molar-refractivity contribution in [2.45, 2.75) is 37.8 Å². The van der Waals surface area contributed by atoms with Crippen LogP contribution in [0.25, 0.3) is 0 Å². The minimum atomic E-state index is -0.676. The van der Waals surface area contributed by atoms with Crippen molar-refractivity contribution >= 4 is 5.91 Å². The maximum atomic E-state index is 14.1. The van der Waals surface area contributed by atoms with Crippen LogP contribution in [-0.4, -0.2) is 41.9 Å². The van der Waals surface area contributed by atoms with Gasteiger partial charge >= 0.3 is 0 Å². The van der Waals surface area contributed by atoms with Crippen LogP contribution in [0.2, 0.25) is 0 Å². The molecule has 2 N–H and O–H groups in total. The van der Waals surface area contributed by atoms with Gasteiger partial charge in [0.15, 0.2) is 0 Å². The molecule has 7 heteroatoms. The van der Waals surface area contributed by atoms with E-state index in [4.69, 9.17) is 4.84 Å². The number of carbonyl (C=O) groups is 1. The van der Waals surface area contributed by atoms with E-state index in [1.54, 1.807) is 5.06 Å². The van der Waals surface area contributed by atoms with Gasteiger partial charge in [0.25, 0.3) is 0 Å². The molecule has 132 valence electrons. The summed E-state index contributed by atoms with van der Waals surface area (Å²) < 4.78 is 27.3. The number of aliphatic hydroxyl groups is 1. The third-order valence-corrected chi connectivity index (χ3v) is 4.65. The largest absolute Gasteiger partial charge is 0.393 e. The fourth-order valence-corrected chi connectivity index (χ4v) is 3.25. The quantitative estimate of drug-likeness (QED) is 0.831. The van der Waals surface area contributed by atoms with Crippen molar-refractivity contribution in [3.8, 4) is 0 Å². The first-order valence-corrected chi connectivity index (χ1v) is 8.33. The second-order valence-electron chi connectivity index (χ2n) is 6.46. The molecule has 3 rings (SSSR count). The van der Waals surface area contributed by atoms with Crippen LogP contribution in [-0.2, 0) is 9.63 Å². The molecule has 1 saturated carbocycles. The van der Waals surface area contributed by atoms with Crippen molar-refractivity contribution in [1.29, 1.82) is 0 Å². The predicted molar refractivity (Wildman–Crippen MR) is 82.7 cm³/mol. The highest BCUT2D eigenvalue weighted by molar-refractivity contribution is 5.76. The van der Waals surface area contributed by atoms with E-state index in [0.29, 0.717) is 26.0 Å². The Bertz CT molecular complexity index is 587. The SMILES string of the molecule is O=C(CCN1CCCO1)N[C@H](c1ccc(F)cc1F)C1CC(O)C1. The smallest absolute Gasteiger partial charge is 0.221 e. The predicted octanol–water partition coefficient (Wildman–Crippen LogP) is 1.92. The molecule has 1 amide bonds. The number of nitrogens with one attached hydrogen (secondary N) is 1. The molecule has 0 spiro atoms. The molecule has 1 saturated heterocycles. The third-order valence-electron chi connectivity index (χ3n) is 4.65. The highest BCUT2D eigenvalue weighted by Gasteiger charge is 2.36. The molecule has 1 aliphatic heterocycles. The molecule has 1 atom stereocenters. The van der Waals surface area contributed by atoms with E-state index < -0.39 is 23.8 Å². The number of hydrogen-bond acceptors (Lipinski definition) is 4. The fraction of sp³-hybridized carbons (Fsp3) is 0.588. The average molecular weight is 340 g/mol. The first-order chi connectivity index (χ1) is 11.5. The first-order valence-electron chi connectivity index (χ1n) is 8.33. The molecule has 1 aromatic carbocycles. The summed E-state index contributed by atoms with van der Waals surface area (Å²) in [6.45, 7) is 1.96. The van der Waals surface area contributed by atoms with Gasteiger partial charge in [-0.05, 0) is 31.2 Å². The van der Waals surface area contributed by atoms with Crippen molar-refractivity contribution in [2.75, 3.05) is 19.7 Å². The fourth-order valence-electron chi connectivity index (χ4n) is 3.25. The minimum absolute atomic E-state index is 0.0491. The molecule has 0 radical (unpaired) electrons. The van der Waals surface area contributed by atoms with E-state index in [-0.39, 0.29) is 23.8 Å². The van der Waals surface area contributed by atoms with Crippen molar-refractivity contribution in [2.24, 2.45) is 5.92 Å². The summed E-state index contributed by atoms with van der Waals surface area (Å²) >= 11 is 0. The number of aliphatic hydroxyl groups excluding tert-OH is 1. The lowest BCUT2D eigenvalue weighted by atomic mass is 9.75. The zero-order valence-electron chi connectivity index (χ0n) is 13.4. The zero-order chi connectivity index (χ0) is 17.1. The molecule has 2 fully saturated rings. The number of hydroxylamine groups is 2. The van der Waals surface area contributed by atoms with Gasteiger partial charge < -0.3 is 10.4 Å². The number of rotatable bonds is 6. The van der Waals surface area contributed by atoms with E-state index >= 15 is 0 Å². The highest BCUT2D eigenvalue weighted by atomic mass is 19.1. The lowest BCUT2D eigenvalue weighted by Gasteiger charge is -2.38. The van der Waals surface area contributed by atoms with E-state index in [9.17, 15) is 18.7 Å². The molecule has 1 aliphatic carbocycles. The minimum Gasteiger partial charge on any atom is -0.393 e. The van der Waals surface area contributed by atoms with Gasteiger partial charge in [-0.15, -0.1) is 0 Å². The first kappa shape index (κ1) is 17.3. The lowest BCUT2D eigenvalue weighted by molar-refractivity contribution is -0.131. The van der Waals surface area contributed by atoms with Crippen LogP contribution in [0.4, 0.5) is 8.78 Å². The van der Waals surface area contributed by atoms with Gasteiger partial charge in [0.2, 0.25) is 5.91 Å². The monoisotopic (exact) mass is 340 g/mol. The summed E-state index contributed by atoms with van der Waals surface area (Å²) in [4.78, 5) is 17.6. The Hall–Kier alpha value is -1.57. The van der Waals surface area contributed by atoms with Crippen molar-refractivity contribution in [1.82, 2.24) is 10.4 Å². The molecular weight excluding hydrogens is 318 g/mol. The summed E-state index contributed by atoms with van der Waals surface area (Å²) in [5, 5.41) is 14.1. The van der Waals surface area contributed by atoms with Gasteiger partial charge in [0.05, 0.1) is 18.8 Å². The summed E-state index contributed by atoms with van der Waals surface area (Å²) in [5.41, 5.74) is 0.263. The number of hydrogen-bond donors (Lipinski definition) is 2. The van der Waals surface area contributed by atoms with Crippen molar-refractivity contribution in [3.63, 3.8) is 0 Å². The number of amides is 1. The number of nitrogens with zero attached hydrogens (tertiary/aromatic N) is 1. The van der Waals surface area contributed by atoms with E-state index in [1.807, 2.05) is 0 Å². The second-order valence-corrected chi connectivity index (χ2v) is 6.46. The Kier molecular flexibility index (Phi) is 5.43. The topological polar surface area (TPSA) is 61.8 Å². The Morgan fingerprint density at radius 1 is 1.42 bits per heavy atom. The molecule has 1 heterocycles. The maximum absolute atomic E-state index is 14.1. The van der Waals surface area contributed by atoms with Crippen LogP contribution >= 0.6 is 0 Å². The van der Waals surface area contributed by atoms with E-state index in [1.165, 1.54) is 12.1 Å². The van der Waals surface area contributed by atoms with Gasteiger partial charge in [-0.2, -0.15) is 5.06 Å². The molecule has 2 aliphatic rings. The summed E-state index contributed by atoms with van der Waals surface area (Å²) in [6, 6.07) is 2.82. The normalized spacial score (nSPS) is 25.3. The average Bonchev–Trinajstić information content (AvgIpc) is 3.02. The highest BCUT2D eigenvalue weighted by Crippen LogP contribution is 2.39. The van der Waals surface area contributed by atoms with Gasteiger partial charge in [-0.25, -0.2) is 8.78 Å². The summed E-state index contributed by atoms with van der Waals surface area (Å²) in [5.74, 6) is -1.58. The Balaban J connectivity index is 1.64. The zero-order valence-corrected chi connectivity index (χ0v) is 13.4. The summed E-state index contributed by atoms with van der Waals surface area (Å²) in [7, 11) is 0. The molecular formula is C17H22F2N2O3. The van der Waals surface area contributed by atoms with E-state index in [2.05, 4.69) is 5.32 Å². The molecule has 0 bridgehead atoms. The van der Waals surface area contributed by atoms with Crippen LogP contribution in [0.5, 0.6) is 0 Å². The van der Waals surface area contributed by atoms with Crippen LogP contribution in [0.3, 0.4) is 0 Å². The van der Waals surface area contributed by atoms with Crippen molar-refractivity contribution in [3.05, 3.63) is 35.4 Å². The second kappa shape index (κ2) is 7.55. The van der Waals surface area contributed by atoms with Crippen LogP contribution in [0.1, 0.15) is 37.3 Å². The van der Waals surface area contributed by atoms with Gasteiger partial charge in [0, 0.05) is 31.1 Å². The standard InChI is InChI=1S/C17H22F2N2O3/c18-12-2-3-14(15(19)10-12)17(11-8-13(22)9-11)20-16(23)4-6-21-5-1-7-24-21/h2-3,10-11,13,17,22H,1,4-9H2,(H,20,23)/t11?,13?,17-/m0/s1. The number of halogens is 2. The Morgan fingerprint density at radius 3 is 2.83 bits per heavy atom. The van der Waals surface area contributed by atoms with Gasteiger partial charge in [-0.3, -0.25) is 9.63 Å². The maximum Gasteiger partial charge on any atom is 0.221 e. The molecule has 0 unspecified atom stereocenters. The number of carbonyl (C=O) groups excluding carboxylic acids is 1. The van der Waals surface area contributed by atoms with E-state index in [0.717, 1.165) is 19.0 Å². The van der Waals surface area contributed by atoms with Crippen LogP contribution < -0.4 is 5.32 Å². The summed E-state index contributed by atoms with van der Waals surface area (Å²) in [6.07, 6.45) is 1.77. The third kappa shape index (κ3) is 4.09. The van der Waals surface area contributed by atoms with Crippen molar-refractivity contribution < 1.29 is 23.5 Å². The van der Waals surface area contributed by atoms with Crippen LogP contribution in [0.15, 0.2) is 18.2 Å². The Morgan fingerprint density at radius 2 is 2.21 bits per heavy atom. The molecule has 24 heavy (non-hydrogen) atoms. The Labute approximate surface area is 139 Å². The van der Waals surface area contributed by atoms with Gasteiger partial charge in [-0.1, -0.05) is 6.07 Å². The lowest BCUT2D eigenvalue weighted by Crippen LogP contribution is -2.42. The van der Waals surface area contributed by atoms with Gasteiger partial charge in [0.1, 0.15) is 11.6 Å².